The molecular weight excluding hydrogens is 299 g/mol. The summed E-state index contributed by atoms with van der Waals surface area (Å²) in [6, 6.07) is 0. The zero-order chi connectivity index (χ0) is 10.7. The molecule has 0 saturated heterocycles. The molecule has 0 N–H and O–H groups in total. The van der Waals surface area contributed by atoms with Crippen LogP contribution in [0.3, 0.4) is 0 Å². The van der Waals surface area contributed by atoms with Gasteiger partial charge in [-0.05, 0) is 37.2 Å². The Kier molecular flexibility index (Phi) is 4.35. The first-order valence-corrected chi connectivity index (χ1v) is 7.16. The molecule has 1 saturated carbocycles. The van der Waals surface area contributed by atoms with Gasteiger partial charge in [-0.1, -0.05) is 32.1 Å². The third kappa shape index (κ3) is 2.89. The van der Waals surface area contributed by atoms with Crippen LogP contribution in [0.5, 0.6) is 0 Å². The van der Waals surface area contributed by atoms with Gasteiger partial charge >= 0.3 is 0 Å². The van der Waals surface area contributed by atoms with Crippen LogP contribution in [0.25, 0.3) is 0 Å². The lowest BCUT2D eigenvalue weighted by atomic mass is 9.73. The van der Waals surface area contributed by atoms with Gasteiger partial charge in [-0.15, -0.1) is 0 Å². The fourth-order valence-corrected chi connectivity index (χ4v) is 3.85. The van der Waals surface area contributed by atoms with E-state index in [1.54, 1.807) is 0 Å². The van der Waals surface area contributed by atoms with Crippen molar-refractivity contribution in [1.82, 2.24) is 0 Å². The van der Waals surface area contributed by atoms with Crippen molar-refractivity contribution in [2.24, 2.45) is 11.8 Å². The van der Waals surface area contributed by atoms with Gasteiger partial charge in [-0.2, -0.15) is 0 Å². The van der Waals surface area contributed by atoms with Crippen LogP contribution in [0.2, 0.25) is 0 Å². The lowest BCUT2D eigenvalue weighted by Gasteiger charge is -2.33. The summed E-state index contributed by atoms with van der Waals surface area (Å²) < 4.78 is 5.39. The highest BCUT2D eigenvalue weighted by molar-refractivity contribution is 14.1. The fraction of sp³-hybridized carbons (Fsp3) is 0.846. The summed E-state index contributed by atoms with van der Waals surface area (Å²) >= 11 is 2.03. The van der Waals surface area contributed by atoms with Crippen LogP contribution in [-0.2, 0) is 3.07 Å². The SMILES string of the molecule is CC1=C(OI)CCC(C2CCCCC2)C1. The molecule has 1 unspecified atom stereocenters. The summed E-state index contributed by atoms with van der Waals surface area (Å²) in [6.07, 6.45) is 11.2. The number of hydrogen-bond donors (Lipinski definition) is 0. The summed E-state index contributed by atoms with van der Waals surface area (Å²) in [5.41, 5.74) is 1.51. The van der Waals surface area contributed by atoms with E-state index < -0.39 is 0 Å². The molecule has 2 rings (SSSR count). The van der Waals surface area contributed by atoms with Gasteiger partial charge in [0.05, 0.1) is 0 Å². The molecule has 0 aromatic rings. The van der Waals surface area contributed by atoms with Crippen LogP contribution in [0.1, 0.15) is 58.3 Å². The molecule has 0 radical (unpaired) electrons. The summed E-state index contributed by atoms with van der Waals surface area (Å²) in [5.74, 6) is 3.23. The standard InChI is InChI=1S/C13H21IO/c1-10-9-12(7-8-13(10)15-14)11-5-3-2-4-6-11/h11-12H,2-9H2,1H3. The second-order valence-electron chi connectivity index (χ2n) is 5.18. The van der Waals surface area contributed by atoms with Crippen molar-refractivity contribution in [2.45, 2.75) is 58.3 Å². The largest absolute Gasteiger partial charge is 0.432 e. The zero-order valence-electron chi connectivity index (χ0n) is 9.60. The highest BCUT2D eigenvalue weighted by Gasteiger charge is 2.27. The Hall–Kier alpha value is 0.270. The second-order valence-corrected chi connectivity index (χ2v) is 5.62. The van der Waals surface area contributed by atoms with Gasteiger partial charge in [-0.25, -0.2) is 0 Å². The molecule has 1 nitrogen and oxygen atoms in total. The lowest BCUT2D eigenvalue weighted by Crippen LogP contribution is -2.21. The van der Waals surface area contributed by atoms with Gasteiger partial charge in [0, 0.05) is 6.42 Å². The van der Waals surface area contributed by atoms with E-state index >= 15 is 0 Å². The molecule has 0 heterocycles. The summed E-state index contributed by atoms with van der Waals surface area (Å²) in [6.45, 7) is 2.25. The predicted octanol–water partition coefficient (Wildman–Crippen LogP) is 5.01. The molecule has 86 valence electrons. The van der Waals surface area contributed by atoms with Crippen molar-refractivity contribution >= 4 is 23.0 Å². The van der Waals surface area contributed by atoms with Crippen molar-refractivity contribution in [3.05, 3.63) is 11.3 Å². The van der Waals surface area contributed by atoms with E-state index in [2.05, 4.69) is 6.92 Å². The van der Waals surface area contributed by atoms with E-state index in [9.17, 15) is 0 Å². The average molecular weight is 320 g/mol. The minimum Gasteiger partial charge on any atom is -0.432 e. The maximum atomic E-state index is 5.39. The molecule has 2 heteroatoms. The Balaban J connectivity index is 1.93. The summed E-state index contributed by atoms with van der Waals surface area (Å²) in [7, 11) is 0. The topological polar surface area (TPSA) is 9.23 Å². The molecule has 15 heavy (non-hydrogen) atoms. The highest BCUT2D eigenvalue weighted by atomic mass is 127. The Bertz CT molecular complexity index is 241. The van der Waals surface area contributed by atoms with Gasteiger partial charge in [0.25, 0.3) is 0 Å². The monoisotopic (exact) mass is 320 g/mol. The van der Waals surface area contributed by atoms with Gasteiger partial charge in [-0.3, -0.25) is 0 Å². The minimum atomic E-state index is 0.959. The fourth-order valence-electron chi connectivity index (χ4n) is 3.25. The first-order valence-electron chi connectivity index (χ1n) is 6.28. The van der Waals surface area contributed by atoms with Gasteiger partial charge < -0.3 is 3.07 Å². The van der Waals surface area contributed by atoms with Crippen molar-refractivity contribution in [1.29, 1.82) is 0 Å². The first kappa shape index (κ1) is 11.7. The number of rotatable bonds is 2. The Morgan fingerprint density at radius 3 is 2.40 bits per heavy atom. The molecule has 1 fully saturated rings. The maximum absolute atomic E-state index is 5.39. The Morgan fingerprint density at radius 2 is 1.80 bits per heavy atom. The Morgan fingerprint density at radius 1 is 1.07 bits per heavy atom. The quantitative estimate of drug-likeness (QED) is 0.650. The number of hydrogen-bond acceptors (Lipinski definition) is 1. The molecule has 2 aliphatic carbocycles. The molecule has 0 spiro atoms. The van der Waals surface area contributed by atoms with Gasteiger partial charge in [0.1, 0.15) is 5.76 Å². The smallest absolute Gasteiger partial charge is 0.192 e. The van der Waals surface area contributed by atoms with Crippen LogP contribution in [0.4, 0.5) is 0 Å². The van der Waals surface area contributed by atoms with E-state index in [0.29, 0.717) is 0 Å². The second kappa shape index (κ2) is 5.55. The third-order valence-corrected chi connectivity index (χ3v) is 4.73. The van der Waals surface area contributed by atoms with Crippen molar-refractivity contribution in [2.75, 3.05) is 0 Å². The average Bonchev–Trinajstić information content (AvgIpc) is 2.30. The van der Waals surface area contributed by atoms with Gasteiger partial charge in [0.15, 0.2) is 23.0 Å². The normalized spacial score (nSPS) is 29.3. The molecule has 0 aliphatic heterocycles. The molecule has 0 amide bonds. The van der Waals surface area contributed by atoms with Crippen molar-refractivity contribution in [3.8, 4) is 0 Å². The predicted molar refractivity (Wildman–Crippen MR) is 71.7 cm³/mol. The van der Waals surface area contributed by atoms with Crippen molar-refractivity contribution < 1.29 is 3.07 Å². The molecule has 0 bridgehead atoms. The van der Waals surface area contributed by atoms with E-state index in [-0.39, 0.29) is 0 Å². The van der Waals surface area contributed by atoms with Crippen LogP contribution >= 0.6 is 23.0 Å². The molecule has 2 aliphatic rings. The van der Waals surface area contributed by atoms with Crippen LogP contribution in [-0.4, -0.2) is 0 Å². The maximum Gasteiger partial charge on any atom is 0.192 e. The van der Waals surface area contributed by atoms with E-state index in [0.717, 1.165) is 11.8 Å². The molecule has 0 aromatic heterocycles. The molecule has 1 atom stereocenters. The minimum absolute atomic E-state index is 0.959. The summed E-state index contributed by atoms with van der Waals surface area (Å²) in [4.78, 5) is 0. The molecular formula is C13H21IO. The molecule has 0 aromatic carbocycles. The summed E-state index contributed by atoms with van der Waals surface area (Å²) in [5, 5.41) is 0. The first-order chi connectivity index (χ1) is 7.31. The highest BCUT2D eigenvalue weighted by Crippen LogP contribution is 2.40. The van der Waals surface area contributed by atoms with E-state index in [1.165, 1.54) is 62.7 Å². The van der Waals surface area contributed by atoms with Crippen molar-refractivity contribution in [3.63, 3.8) is 0 Å². The van der Waals surface area contributed by atoms with Crippen LogP contribution < -0.4 is 0 Å². The van der Waals surface area contributed by atoms with Crippen LogP contribution in [0, 0.1) is 11.8 Å². The lowest BCUT2D eigenvalue weighted by molar-refractivity contribution is 0.218. The number of halogens is 1. The van der Waals surface area contributed by atoms with Crippen LogP contribution in [0.15, 0.2) is 11.3 Å². The zero-order valence-corrected chi connectivity index (χ0v) is 11.8. The number of allylic oxidation sites excluding steroid dienone is 2. The van der Waals surface area contributed by atoms with E-state index in [4.69, 9.17) is 3.07 Å². The third-order valence-electron chi connectivity index (χ3n) is 4.20. The van der Waals surface area contributed by atoms with Gasteiger partial charge in [0.2, 0.25) is 0 Å². The Labute approximate surface area is 107 Å². The van der Waals surface area contributed by atoms with E-state index in [1.807, 2.05) is 23.0 Å².